The van der Waals surface area contributed by atoms with Crippen LogP contribution in [0.4, 0.5) is 17.5 Å². The number of nitrogens with zero attached hydrogens (tertiary/aromatic N) is 4. The van der Waals surface area contributed by atoms with Gasteiger partial charge in [-0.3, -0.25) is 4.90 Å². The number of anilines is 3. The number of hydrogen-bond acceptors (Lipinski definition) is 10. The van der Waals surface area contributed by atoms with Crippen molar-refractivity contribution in [1.82, 2.24) is 14.9 Å². The molecule has 0 spiro atoms. The Balaban J connectivity index is 1.41. The lowest BCUT2D eigenvalue weighted by atomic mass is 10.2. The number of benzene rings is 1. The van der Waals surface area contributed by atoms with E-state index in [4.69, 9.17) is 4.74 Å². The molecule has 0 saturated carbocycles. The molecule has 0 aliphatic carbocycles. The molecule has 2 aromatic heterocycles. The van der Waals surface area contributed by atoms with E-state index in [-0.39, 0.29) is 12.6 Å². The van der Waals surface area contributed by atoms with Gasteiger partial charge in [-0.2, -0.15) is 4.98 Å². The second-order valence-corrected chi connectivity index (χ2v) is 10.2. The van der Waals surface area contributed by atoms with Crippen LogP contribution in [0.1, 0.15) is 6.92 Å². The van der Waals surface area contributed by atoms with Gasteiger partial charge in [0, 0.05) is 47.3 Å². The zero-order chi connectivity index (χ0) is 23.8. The first-order valence-electron chi connectivity index (χ1n) is 11.2. The lowest BCUT2D eigenvalue weighted by Gasteiger charge is -2.25. The fourth-order valence-electron chi connectivity index (χ4n) is 3.43. The minimum absolute atomic E-state index is 0.00617. The molecule has 2 atom stereocenters. The van der Waals surface area contributed by atoms with Crippen LogP contribution in [0, 0.1) is 0 Å². The SMILES string of the molecule is C[C@H](CO)Nc1nc(Nc2ccc(/[SH](=O)=N/CCN3CCOCC3)cc2)ncc1-c1cccs1. The number of nitrogens with one attached hydrogen (secondary N) is 2. The van der Waals surface area contributed by atoms with Gasteiger partial charge in [0.05, 0.1) is 42.5 Å². The van der Waals surface area contributed by atoms with Crippen LogP contribution < -0.4 is 10.6 Å². The molecule has 0 amide bonds. The zero-order valence-electron chi connectivity index (χ0n) is 19.1. The monoisotopic (exact) mass is 502 g/mol. The number of morpholine rings is 1. The molecule has 3 N–H and O–H groups in total. The molecular formula is C23H30N6O3S2. The number of aromatic nitrogens is 2. The van der Waals surface area contributed by atoms with Crippen molar-refractivity contribution in [3.05, 3.63) is 48.0 Å². The van der Waals surface area contributed by atoms with E-state index in [1.165, 1.54) is 0 Å². The first-order chi connectivity index (χ1) is 16.6. The van der Waals surface area contributed by atoms with Crippen LogP contribution in [0.15, 0.2) is 57.2 Å². The highest BCUT2D eigenvalue weighted by molar-refractivity contribution is 7.75. The Morgan fingerprint density at radius 1 is 1.26 bits per heavy atom. The van der Waals surface area contributed by atoms with Crippen LogP contribution in [0.3, 0.4) is 0 Å². The molecule has 9 nitrogen and oxygen atoms in total. The predicted octanol–water partition coefficient (Wildman–Crippen LogP) is 3.10. The van der Waals surface area contributed by atoms with Gasteiger partial charge in [-0.15, -0.1) is 11.3 Å². The van der Waals surface area contributed by atoms with E-state index < -0.39 is 10.6 Å². The van der Waals surface area contributed by atoms with E-state index in [0.717, 1.165) is 49.0 Å². The van der Waals surface area contributed by atoms with E-state index in [2.05, 4.69) is 29.9 Å². The lowest BCUT2D eigenvalue weighted by Crippen LogP contribution is -2.37. The highest BCUT2D eigenvalue weighted by atomic mass is 32.2. The Morgan fingerprint density at radius 2 is 2.06 bits per heavy atom. The molecule has 1 saturated heterocycles. The van der Waals surface area contributed by atoms with E-state index in [1.807, 2.05) is 48.7 Å². The molecule has 0 bridgehead atoms. The van der Waals surface area contributed by atoms with Crippen molar-refractivity contribution in [2.24, 2.45) is 4.36 Å². The molecule has 4 rings (SSSR count). The van der Waals surface area contributed by atoms with E-state index >= 15 is 0 Å². The number of thiophene rings is 1. The van der Waals surface area contributed by atoms with Crippen molar-refractivity contribution in [3.8, 4) is 10.4 Å². The summed E-state index contributed by atoms with van der Waals surface area (Å²) in [5.41, 5.74) is 1.66. The quantitative estimate of drug-likeness (QED) is 0.313. The number of ether oxygens (including phenoxy) is 1. The maximum atomic E-state index is 12.5. The Kier molecular flexibility index (Phi) is 8.83. The van der Waals surface area contributed by atoms with E-state index in [0.29, 0.717) is 23.2 Å². The fourth-order valence-corrected chi connectivity index (χ4v) is 5.00. The Hall–Kier alpha value is -2.57. The van der Waals surface area contributed by atoms with E-state index in [1.54, 1.807) is 17.5 Å². The summed E-state index contributed by atoms with van der Waals surface area (Å²) in [6, 6.07) is 11.2. The molecule has 34 heavy (non-hydrogen) atoms. The largest absolute Gasteiger partial charge is 0.394 e. The summed E-state index contributed by atoms with van der Waals surface area (Å²) < 4.78 is 22.2. The number of aliphatic hydroxyl groups excluding tert-OH is 1. The minimum Gasteiger partial charge on any atom is -0.394 e. The highest BCUT2D eigenvalue weighted by Gasteiger charge is 2.13. The van der Waals surface area contributed by atoms with Crippen molar-refractivity contribution in [2.45, 2.75) is 17.9 Å². The minimum atomic E-state index is -1.79. The third kappa shape index (κ3) is 6.73. The first kappa shape index (κ1) is 24.6. The predicted molar refractivity (Wildman–Crippen MR) is 138 cm³/mol. The van der Waals surface area contributed by atoms with Crippen molar-refractivity contribution < 1.29 is 14.1 Å². The summed E-state index contributed by atoms with van der Waals surface area (Å²) in [5, 5.41) is 17.9. The van der Waals surface area contributed by atoms with Crippen molar-refractivity contribution in [3.63, 3.8) is 0 Å². The zero-order valence-corrected chi connectivity index (χ0v) is 20.8. The Morgan fingerprint density at radius 3 is 2.76 bits per heavy atom. The number of rotatable bonds is 10. The number of hydrogen-bond donors (Lipinski definition) is 4. The summed E-state index contributed by atoms with van der Waals surface area (Å²) in [6.45, 7) is 6.53. The molecule has 3 heterocycles. The molecule has 1 aromatic carbocycles. The molecule has 1 aliphatic heterocycles. The summed E-state index contributed by atoms with van der Waals surface area (Å²) in [5.74, 6) is 1.08. The molecular weight excluding hydrogens is 472 g/mol. The highest BCUT2D eigenvalue weighted by Crippen LogP contribution is 2.31. The van der Waals surface area contributed by atoms with Crippen LogP contribution in [0.5, 0.6) is 0 Å². The van der Waals surface area contributed by atoms with Gasteiger partial charge < -0.3 is 20.5 Å². The van der Waals surface area contributed by atoms with Crippen LogP contribution in [0.25, 0.3) is 10.4 Å². The molecule has 1 fully saturated rings. The average Bonchev–Trinajstić information content (AvgIpc) is 3.40. The maximum absolute atomic E-state index is 12.5. The van der Waals surface area contributed by atoms with Gasteiger partial charge in [-0.05, 0) is 42.6 Å². The summed E-state index contributed by atoms with van der Waals surface area (Å²) in [4.78, 5) is 13.1. The lowest BCUT2D eigenvalue weighted by molar-refractivity contribution is 0.0395. The van der Waals surface area contributed by atoms with Gasteiger partial charge in [0.15, 0.2) is 0 Å². The summed E-state index contributed by atoms with van der Waals surface area (Å²) in [7, 11) is -1.79. The smallest absolute Gasteiger partial charge is 0.229 e. The summed E-state index contributed by atoms with van der Waals surface area (Å²) >= 11 is 1.60. The van der Waals surface area contributed by atoms with Crippen molar-refractivity contribution >= 4 is 39.4 Å². The average molecular weight is 503 g/mol. The van der Waals surface area contributed by atoms with Crippen LogP contribution in [-0.4, -0.2) is 76.2 Å². The standard InChI is InChI=1S/C23H30N6O3S2/c1-17(16-30)26-22-20(21-3-2-14-33-21)15-24-23(28-22)27-18-4-6-19(7-5-18)34(31)25-8-9-29-10-12-32-13-11-29/h2-7,14-15,17,30,34H,8-13,16H2,1H3,(H2,24,26,27,28)/t17-/m1/s1. The van der Waals surface area contributed by atoms with Gasteiger partial charge >= 0.3 is 0 Å². The maximum Gasteiger partial charge on any atom is 0.229 e. The first-order valence-corrected chi connectivity index (χ1v) is 13.3. The van der Waals surface area contributed by atoms with Crippen LogP contribution >= 0.6 is 11.3 Å². The number of aliphatic hydroxyl groups is 1. The summed E-state index contributed by atoms with van der Waals surface area (Å²) in [6.07, 6.45) is 1.77. The second-order valence-electron chi connectivity index (χ2n) is 7.93. The molecule has 11 heteroatoms. The number of thiol groups is 1. The third-order valence-corrected chi connectivity index (χ3v) is 7.43. The van der Waals surface area contributed by atoms with Crippen molar-refractivity contribution in [2.75, 3.05) is 56.6 Å². The Bertz CT molecular complexity index is 1130. The molecule has 1 aliphatic rings. The molecule has 182 valence electrons. The van der Waals surface area contributed by atoms with Gasteiger partial charge in [-0.1, -0.05) is 6.07 Å². The topological polar surface area (TPSA) is 112 Å². The molecule has 0 radical (unpaired) electrons. The normalized spacial score (nSPS) is 16.3. The molecule has 1 unspecified atom stereocenters. The van der Waals surface area contributed by atoms with Gasteiger partial charge in [-0.25, -0.2) is 13.6 Å². The van der Waals surface area contributed by atoms with E-state index in [9.17, 15) is 9.32 Å². The Labute approximate surface area is 205 Å². The van der Waals surface area contributed by atoms with Gasteiger partial charge in [0.1, 0.15) is 5.82 Å². The van der Waals surface area contributed by atoms with Crippen molar-refractivity contribution in [1.29, 1.82) is 0 Å². The van der Waals surface area contributed by atoms with Gasteiger partial charge in [0.2, 0.25) is 5.95 Å². The van der Waals surface area contributed by atoms with Gasteiger partial charge in [0.25, 0.3) is 0 Å². The molecule has 3 aromatic rings. The second kappa shape index (κ2) is 12.2. The van der Waals surface area contributed by atoms with Crippen LogP contribution in [0.2, 0.25) is 0 Å². The van der Waals surface area contributed by atoms with Crippen LogP contribution in [-0.2, 0) is 15.3 Å². The third-order valence-electron chi connectivity index (χ3n) is 5.33. The fraction of sp³-hybridized carbons (Fsp3) is 0.391.